The minimum Gasteiger partial charge on any atom is -0.228 e. The van der Waals surface area contributed by atoms with Crippen molar-refractivity contribution in [3.05, 3.63) is 11.1 Å². The van der Waals surface area contributed by atoms with Crippen LogP contribution >= 0.6 is 0 Å². The maximum atomic E-state index is 5.26. The summed E-state index contributed by atoms with van der Waals surface area (Å²) in [6, 6.07) is 0. The van der Waals surface area contributed by atoms with Gasteiger partial charge in [-0.2, -0.15) is 0 Å². The molecule has 0 unspecified atom stereocenters. The second kappa shape index (κ2) is 1.78. The van der Waals surface area contributed by atoms with Gasteiger partial charge in [0.05, 0.1) is 0 Å². The molecule has 1 saturated heterocycles. The van der Waals surface area contributed by atoms with E-state index in [4.69, 9.17) is 9.78 Å². The molecule has 64 valence electrons. The van der Waals surface area contributed by atoms with Crippen molar-refractivity contribution in [2.75, 3.05) is 0 Å². The van der Waals surface area contributed by atoms with Crippen LogP contribution in [0.2, 0.25) is 0 Å². The normalized spacial score (nSPS) is 54.0. The lowest BCUT2D eigenvalue weighted by Crippen LogP contribution is -2.18. The molecule has 0 aromatic carbocycles. The van der Waals surface area contributed by atoms with Crippen LogP contribution in [0, 0.1) is 11.8 Å². The zero-order valence-corrected chi connectivity index (χ0v) is 6.95. The van der Waals surface area contributed by atoms with E-state index in [1.165, 1.54) is 19.3 Å². The maximum Gasteiger partial charge on any atom is 0.118 e. The van der Waals surface area contributed by atoms with E-state index in [9.17, 15) is 0 Å². The highest BCUT2D eigenvalue weighted by Gasteiger charge is 2.53. The molecule has 2 heteroatoms. The van der Waals surface area contributed by atoms with Gasteiger partial charge in [0, 0.05) is 6.42 Å². The summed E-state index contributed by atoms with van der Waals surface area (Å²) in [4.78, 5) is 10.5. The van der Waals surface area contributed by atoms with Crippen molar-refractivity contribution in [3.8, 4) is 0 Å². The topological polar surface area (TPSA) is 18.5 Å². The minimum atomic E-state index is 0.361. The monoisotopic (exact) mass is 164 g/mol. The van der Waals surface area contributed by atoms with E-state index >= 15 is 0 Å². The largest absolute Gasteiger partial charge is 0.228 e. The molecule has 0 radical (unpaired) electrons. The Morgan fingerprint density at radius 3 is 2.00 bits per heavy atom. The van der Waals surface area contributed by atoms with E-state index in [0.717, 1.165) is 18.3 Å². The van der Waals surface area contributed by atoms with E-state index in [-0.39, 0.29) is 0 Å². The summed E-state index contributed by atoms with van der Waals surface area (Å²) in [5.74, 6) is 1.76. The van der Waals surface area contributed by atoms with Crippen molar-refractivity contribution in [3.63, 3.8) is 0 Å². The van der Waals surface area contributed by atoms with Gasteiger partial charge >= 0.3 is 0 Å². The van der Waals surface area contributed by atoms with Crippen molar-refractivity contribution in [2.45, 2.75) is 37.9 Å². The average Bonchev–Trinajstić information content (AvgIpc) is 2.83. The highest BCUT2D eigenvalue weighted by Crippen LogP contribution is 2.58. The van der Waals surface area contributed by atoms with Gasteiger partial charge < -0.3 is 0 Å². The standard InChI is InChI=1S/C10H12O2/c1-2-6-3-5(1)9-7-4-8(10(6)9)12-11-7/h5-8H,1-4H2/t5-,6+,7+,8-. The van der Waals surface area contributed by atoms with E-state index in [2.05, 4.69) is 0 Å². The summed E-state index contributed by atoms with van der Waals surface area (Å²) in [5.41, 5.74) is 3.31. The Bertz CT molecular complexity index is 230. The smallest absolute Gasteiger partial charge is 0.118 e. The second-order valence-corrected chi connectivity index (χ2v) is 4.52. The molecule has 1 heterocycles. The third-order valence-corrected chi connectivity index (χ3v) is 4.06. The molecule has 0 amide bonds. The molecular weight excluding hydrogens is 152 g/mol. The van der Waals surface area contributed by atoms with Gasteiger partial charge in [-0.15, -0.1) is 0 Å². The molecule has 3 aliphatic carbocycles. The predicted octanol–water partition coefficient (Wildman–Crippen LogP) is 1.82. The van der Waals surface area contributed by atoms with Crippen LogP contribution in [0.1, 0.15) is 25.7 Å². The summed E-state index contributed by atoms with van der Waals surface area (Å²) in [6.45, 7) is 0. The van der Waals surface area contributed by atoms with Gasteiger partial charge in [0.25, 0.3) is 0 Å². The van der Waals surface area contributed by atoms with Gasteiger partial charge in [-0.1, -0.05) is 0 Å². The van der Waals surface area contributed by atoms with Crippen molar-refractivity contribution in [1.82, 2.24) is 0 Å². The average molecular weight is 164 g/mol. The first-order valence-electron chi connectivity index (χ1n) is 4.99. The summed E-state index contributed by atoms with van der Waals surface area (Å²) in [6.07, 6.45) is 6.08. The Kier molecular flexibility index (Phi) is 0.913. The third-order valence-electron chi connectivity index (χ3n) is 4.06. The van der Waals surface area contributed by atoms with Crippen LogP contribution in [-0.2, 0) is 9.78 Å². The van der Waals surface area contributed by atoms with Gasteiger partial charge in [0.1, 0.15) is 12.2 Å². The SMILES string of the molecule is C1C[C@H]2C[C@@H]1C1=C2[C@H]2C[C@@H]1OO2. The number of hydrogen-bond acceptors (Lipinski definition) is 2. The Balaban J connectivity index is 1.90. The Hall–Kier alpha value is -0.340. The molecule has 2 fully saturated rings. The quantitative estimate of drug-likeness (QED) is 0.309. The summed E-state index contributed by atoms with van der Waals surface area (Å²) in [5, 5.41) is 0. The first kappa shape index (κ1) is 6.17. The fraction of sp³-hybridized carbons (Fsp3) is 0.800. The van der Waals surface area contributed by atoms with Gasteiger partial charge in [-0.05, 0) is 42.2 Å². The number of rotatable bonds is 0. The van der Waals surface area contributed by atoms with E-state index in [1.807, 2.05) is 0 Å². The third kappa shape index (κ3) is 0.511. The zero-order chi connectivity index (χ0) is 7.71. The Morgan fingerprint density at radius 1 is 0.833 bits per heavy atom. The fourth-order valence-electron chi connectivity index (χ4n) is 3.68. The van der Waals surface area contributed by atoms with Crippen LogP contribution in [0.15, 0.2) is 11.1 Å². The molecule has 0 aromatic heterocycles. The molecular formula is C10H12O2. The molecule has 4 bridgehead atoms. The van der Waals surface area contributed by atoms with Crippen molar-refractivity contribution in [2.24, 2.45) is 11.8 Å². The molecule has 4 aliphatic rings. The molecule has 0 N–H and O–H groups in total. The highest BCUT2D eigenvalue weighted by atomic mass is 17.2. The van der Waals surface area contributed by atoms with Crippen molar-refractivity contribution in [1.29, 1.82) is 0 Å². The minimum absolute atomic E-state index is 0.361. The first-order chi connectivity index (χ1) is 5.93. The molecule has 4 rings (SSSR count). The van der Waals surface area contributed by atoms with Crippen LogP contribution in [0.3, 0.4) is 0 Å². The van der Waals surface area contributed by atoms with Crippen molar-refractivity contribution >= 4 is 0 Å². The highest BCUT2D eigenvalue weighted by molar-refractivity contribution is 5.40. The predicted molar refractivity (Wildman–Crippen MR) is 42.2 cm³/mol. The molecule has 0 spiro atoms. The lowest BCUT2D eigenvalue weighted by Gasteiger charge is -2.22. The van der Waals surface area contributed by atoms with Crippen LogP contribution < -0.4 is 0 Å². The molecule has 4 atom stereocenters. The number of fused-ring (bicyclic) bond motifs is 8. The van der Waals surface area contributed by atoms with Gasteiger partial charge in [-0.25, -0.2) is 9.78 Å². The molecule has 1 saturated carbocycles. The molecule has 2 nitrogen and oxygen atoms in total. The van der Waals surface area contributed by atoms with Crippen LogP contribution in [0.5, 0.6) is 0 Å². The molecule has 0 aromatic rings. The fourth-order valence-corrected chi connectivity index (χ4v) is 3.68. The lowest BCUT2D eigenvalue weighted by molar-refractivity contribution is -0.292. The first-order valence-corrected chi connectivity index (χ1v) is 4.99. The number of hydrogen-bond donors (Lipinski definition) is 0. The lowest BCUT2D eigenvalue weighted by atomic mass is 9.92. The Labute approximate surface area is 71.5 Å². The summed E-state index contributed by atoms with van der Waals surface area (Å²) >= 11 is 0. The van der Waals surface area contributed by atoms with Crippen LogP contribution in [-0.4, -0.2) is 12.2 Å². The summed E-state index contributed by atoms with van der Waals surface area (Å²) < 4.78 is 0. The van der Waals surface area contributed by atoms with Gasteiger partial charge in [-0.3, -0.25) is 0 Å². The van der Waals surface area contributed by atoms with Crippen LogP contribution in [0.4, 0.5) is 0 Å². The maximum absolute atomic E-state index is 5.26. The van der Waals surface area contributed by atoms with Gasteiger partial charge in [0.15, 0.2) is 0 Å². The van der Waals surface area contributed by atoms with E-state index < -0.39 is 0 Å². The van der Waals surface area contributed by atoms with Crippen LogP contribution in [0.25, 0.3) is 0 Å². The summed E-state index contributed by atoms with van der Waals surface area (Å²) in [7, 11) is 0. The second-order valence-electron chi connectivity index (χ2n) is 4.52. The molecule has 1 aliphatic heterocycles. The Morgan fingerprint density at radius 2 is 1.42 bits per heavy atom. The van der Waals surface area contributed by atoms with Gasteiger partial charge in [0.2, 0.25) is 0 Å². The zero-order valence-electron chi connectivity index (χ0n) is 6.95. The van der Waals surface area contributed by atoms with Crippen molar-refractivity contribution < 1.29 is 9.78 Å². The van der Waals surface area contributed by atoms with E-state index in [0.29, 0.717) is 12.2 Å². The molecule has 12 heavy (non-hydrogen) atoms. The van der Waals surface area contributed by atoms with E-state index in [1.54, 1.807) is 11.1 Å².